The molecule has 1 aromatic heterocycles. The minimum absolute atomic E-state index is 0.265. The highest BCUT2D eigenvalue weighted by Gasteiger charge is 2.17. The second kappa shape index (κ2) is 6.58. The van der Waals surface area contributed by atoms with Gasteiger partial charge in [0.2, 0.25) is 0 Å². The maximum absolute atomic E-state index is 12.3. The fourth-order valence-electron chi connectivity index (χ4n) is 2.49. The van der Waals surface area contributed by atoms with Gasteiger partial charge in [-0.15, -0.1) is 5.10 Å². The molecule has 0 aliphatic heterocycles. The number of hydrogen-bond acceptors (Lipinski definition) is 4. The molecule has 0 aliphatic rings. The predicted octanol–water partition coefficient (Wildman–Crippen LogP) is 1.88. The molecule has 0 aliphatic carbocycles. The van der Waals surface area contributed by atoms with Crippen LogP contribution in [0.25, 0.3) is 10.8 Å². The van der Waals surface area contributed by atoms with Gasteiger partial charge in [-0.25, -0.2) is 0 Å². The second-order valence-corrected chi connectivity index (χ2v) is 5.33. The van der Waals surface area contributed by atoms with Gasteiger partial charge in [-0.1, -0.05) is 41.6 Å². The van der Waals surface area contributed by atoms with Gasteiger partial charge in [-0.05, 0) is 29.3 Å². The van der Waals surface area contributed by atoms with E-state index in [2.05, 4.69) is 27.8 Å². The minimum atomic E-state index is -0.270. The first-order chi connectivity index (χ1) is 11.2. The Morgan fingerprint density at radius 2 is 2.04 bits per heavy atom. The summed E-state index contributed by atoms with van der Waals surface area (Å²) in [5.74, 6) is -0.270. The van der Waals surface area contributed by atoms with Gasteiger partial charge in [-0.2, -0.15) is 0 Å². The van der Waals surface area contributed by atoms with E-state index < -0.39 is 0 Å². The van der Waals surface area contributed by atoms with Crippen molar-refractivity contribution in [3.63, 3.8) is 0 Å². The summed E-state index contributed by atoms with van der Waals surface area (Å²) in [4.78, 5) is 12.3. The van der Waals surface area contributed by atoms with Crippen molar-refractivity contribution in [2.24, 2.45) is 5.73 Å². The third kappa shape index (κ3) is 3.22. The SMILES string of the molecule is CCn1cc(C(=O)NC(CN)c2ccc3ccccc3c2)nn1. The van der Waals surface area contributed by atoms with Crippen LogP contribution in [-0.4, -0.2) is 27.4 Å². The first kappa shape index (κ1) is 15.2. The van der Waals surface area contributed by atoms with Crippen molar-refractivity contribution in [2.45, 2.75) is 19.5 Å². The zero-order chi connectivity index (χ0) is 16.2. The first-order valence-corrected chi connectivity index (χ1v) is 7.61. The Hall–Kier alpha value is -2.73. The Kier molecular flexibility index (Phi) is 4.34. The summed E-state index contributed by atoms with van der Waals surface area (Å²) in [5.41, 5.74) is 7.12. The highest BCUT2D eigenvalue weighted by Crippen LogP contribution is 2.20. The van der Waals surface area contributed by atoms with Crippen molar-refractivity contribution in [2.75, 3.05) is 6.54 Å². The summed E-state index contributed by atoms with van der Waals surface area (Å²) >= 11 is 0. The molecule has 0 saturated carbocycles. The molecule has 6 nitrogen and oxygen atoms in total. The highest BCUT2D eigenvalue weighted by molar-refractivity contribution is 5.92. The van der Waals surface area contributed by atoms with Crippen LogP contribution in [0, 0.1) is 0 Å². The molecule has 3 rings (SSSR count). The van der Waals surface area contributed by atoms with E-state index in [4.69, 9.17) is 5.73 Å². The number of benzene rings is 2. The summed E-state index contributed by atoms with van der Waals surface area (Å²) in [6.45, 7) is 2.92. The van der Waals surface area contributed by atoms with Crippen molar-refractivity contribution in [3.8, 4) is 0 Å². The van der Waals surface area contributed by atoms with Gasteiger partial charge in [-0.3, -0.25) is 9.48 Å². The van der Waals surface area contributed by atoms with Crippen LogP contribution in [0.3, 0.4) is 0 Å². The molecule has 118 valence electrons. The monoisotopic (exact) mass is 309 g/mol. The lowest BCUT2D eigenvalue weighted by molar-refractivity contribution is 0.0932. The molecule has 0 fully saturated rings. The Labute approximate surface area is 134 Å². The van der Waals surface area contributed by atoms with Crippen molar-refractivity contribution < 1.29 is 4.79 Å². The fourth-order valence-corrected chi connectivity index (χ4v) is 2.49. The van der Waals surface area contributed by atoms with Gasteiger partial charge in [0.1, 0.15) is 0 Å². The van der Waals surface area contributed by atoms with Gasteiger partial charge >= 0.3 is 0 Å². The van der Waals surface area contributed by atoms with Crippen LogP contribution in [-0.2, 0) is 6.54 Å². The van der Waals surface area contributed by atoms with Crippen molar-refractivity contribution in [1.29, 1.82) is 0 Å². The van der Waals surface area contributed by atoms with E-state index in [0.717, 1.165) is 16.3 Å². The molecule has 0 bridgehead atoms. The van der Waals surface area contributed by atoms with E-state index in [1.54, 1.807) is 10.9 Å². The molecule has 0 spiro atoms. The molecule has 3 aromatic rings. The lowest BCUT2D eigenvalue weighted by Gasteiger charge is -2.17. The number of fused-ring (bicyclic) bond motifs is 1. The van der Waals surface area contributed by atoms with Crippen LogP contribution < -0.4 is 11.1 Å². The lowest BCUT2D eigenvalue weighted by atomic mass is 10.0. The summed E-state index contributed by atoms with van der Waals surface area (Å²) in [6.07, 6.45) is 1.63. The molecule has 1 heterocycles. The number of aromatic nitrogens is 3. The van der Waals surface area contributed by atoms with E-state index in [-0.39, 0.29) is 11.9 Å². The van der Waals surface area contributed by atoms with Gasteiger partial charge in [0.25, 0.3) is 5.91 Å². The third-order valence-corrected chi connectivity index (χ3v) is 3.81. The van der Waals surface area contributed by atoms with Crippen molar-refractivity contribution >= 4 is 16.7 Å². The van der Waals surface area contributed by atoms with Crippen molar-refractivity contribution in [1.82, 2.24) is 20.3 Å². The molecule has 1 atom stereocenters. The number of carbonyl (C=O) groups excluding carboxylic acids is 1. The number of rotatable bonds is 5. The van der Waals surface area contributed by atoms with E-state index in [1.165, 1.54) is 0 Å². The summed E-state index contributed by atoms with van der Waals surface area (Å²) in [6, 6.07) is 13.9. The van der Waals surface area contributed by atoms with Gasteiger partial charge in [0.05, 0.1) is 12.2 Å². The molecule has 3 N–H and O–H groups in total. The molecule has 2 aromatic carbocycles. The first-order valence-electron chi connectivity index (χ1n) is 7.61. The Morgan fingerprint density at radius 3 is 2.74 bits per heavy atom. The number of carbonyl (C=O) groups is 1. The fraction of sp³-hybridized carbons (Fsp3) is 0.235. The standard InChI is InChI=1S/C17H19N5O/c1-2-22-11-16(20-21-22)17(23)19-15(10-18)14-8-7-12-5-3-4-6-13(12)9-14/h3-9,11,15H,2,10,18H2,1H3,(H,19,23). The number of amides is 1. The van der Waals surface area contributed by atoms with Gasteiger partial charge in [0.15, 0.2) is 5.69 Å². The highest BCUT2D eigenvalue weighted by atomic mass is 16.2. The van der Waals surface area contributed by atoms with E-state index >= 15 is 0 Å². The number of hydrogen-bond donors (Lipinski definition) is 2. The summed E-state index contributed by atoms with van der Waals surface area (Å²) in [5, 5.41) is 13.0. The average molecular weight is 309 g/mol. The molecule has 1 amide bonds. The number of nitrogens with two attached hydrogens (primary N) is 1. The third-order valence-electron chi connectivity index (χ3n) is 3.81. The maximum Gasteiger partial charge on any atom is 0.273 e. The van der Waals surface area contributed by atoms with Crippen LogP contribution in [0.5, 0.6) is 0 Å². The normalized spacial score (nSPS) is 12.3. The van der Waals surface area contributed by atoms with Crippen LogP contribution >= 0.6 is 0 Å². The van der Waals surface area contributed by atoms with Gasteiger partial charge in [0, 0.05) is 13.1 Å². The number of nitrogens with one attached hydrogen (secondary N) is 1. The summed E-state index contributed by atoms with van der Waals surface area (Å²) in [7, 11) is 0. The topological polar surface area (TPSA) is 85.8 Å². The minimum Gasteiger partial charge on any atom is -0.343 e. The molecule has 0 saturated heterocycles. The number of nitrogens with zero attached hydrogens (tertiary/aromatic N) is 3. The predicted molar refractivity (Wildman–Crippen MR) is 88.9 cm³/mol. The second-order valence-electron chi connectivity index (χ2n) is 5.33. The Morgan fingerprint density at radius 1 is 1.26 bits per heavy atom. The maximum atomic E-state index is 12.3. The Bertz CT molecular complexity index is 826. The smallest absolute Gasteiger partial charge is 0.273 e. The van der Waals surface area contributed by atoms with Crippen LogP contribution in [0.1, 0.15) is 29.0 Å². The Balaban J connectivity index is 1.81. The molecular formula is C17H19N5O. The molecule has 6 heteroatoms. The molecule has 1 unspecified atom stereocenters. The largest absolute Gasteiger partial charge is 0.343 e. The van der Waals surface area contributed by atoms with Gasteiger partial charge < -0.3 is 11.1 Å². The van der Waals surface area contributed by atoms with E-state index in [1.807, 2.05) is 37.3 Å². The van der Waals surface area contributed by atoms with Crippen molar-refractivity contribution in [3.05, 3.63) is 59.9 Å². The zero-order valence-corrected chi connectivity index (χ0v) is 12.9. The van der Waals surface area contributed by atoms with E-state index in [9.17, 15) is 4.79 Å². The summed E-state index contributed by atoms with van der Waals surface area (Å²) < 4.78 is 1.61. The van der Waals surface area contributed by atoms with E-state index in [0.29, 0.717) is 18.8 Å². The lowest BCUT2D eigenvalue weighted by Crippen LogP contribution is -2.33. The quantitative estimate of drug-likeness (QED) is 0.753. The average Bonchev–Trinajstić information content (AvgIpc) is 3.08. The van der Waals surface area contributed by atoms with Crippen LogP contribution in [0.15, 0.2) is 48.7 Å². The molecular weight excluding hydrogens is 290 g/mol. The zero-order valence-electron chi connectivity index (χ0n) is 12.9. The number of aryl methyl sites for hydroxylation is 1. The molecule has 23 heavy (non-hydrogen) atoms. The van der Waals surface area contributed by atoms with Crippen LogP contribution in [0.2, 0.25) is 0 Å². The molecule has 0 radical (unpaired) electrons. The van der Waals surface area contributed by atoms with Crippen LogP contribution in [0.4, 0.5) is 0 Å².